The number of hydrogen-bond acceptors (Lipinski definition) is 6. The topological polar surface area (TPSA) is 101 Å². The van der Waals surface area contributed by atoms with Crippen LogP contribution in [0.15, 0.2) is 54.6 Å². The highest BCUT2D eigenvalue weighted by Crippen LogP contribution is 2.21. The van der Waals surface area contributed by atoms with Crippen LogP contribution in [0.2, 0.25) is 0 Å². The van der Waals surface area contributed by atoms with E-state index in [-0.39, 0.29) is 29.2 Å². The maximum atomic E-state index is 12.2. The van der Waals surface area contributed by atoms with Gasteiger partial charge in [-0.15, -0.1) is 0 Å². The molecule has 0 aliphatic carbocycles. The molecule has 2 aromatic rings. The molecule has 1 saturated heterocycles. The lowest BCUT2D eigenvalue weighted by Crippen LogP contribution is -2.28. The molecular weight excluding hydrogens is 424 g/mol. The van der Waals surface area contributed by atoms with Crippen LogP contribution < -0.4 is 5.32 Å². The highest BCUT2D eigenvalue weighted by atomic mass is 32.2. The predicted octanol–water partition coefficient (Wildman–Crippen LogP) is 2.87. The van der Waals surface area contributed by atoms with Gasteiger partial charge in [0, 0.05) is 5.69 Å². The molecule has 1 fully saturated rings. The second-order valence-corrected chi connectivity index (χ2v) is 10.1. The highest BCUT2D eigenvalue weighted by Gasteiger charge is 2.29. The monoisotopic (exact) mass is 446 g/mol. The van der Waals surface area contributed by atoms with Crippen molar-refractivity contribution in [3.8, 4) is 0 Å². The number of benzene rings is 2. The van der Waals surface area contributed by atoms with Crippen molar-refractivity contribution in [1.82, 2.24) is 4.90 Å². The number of sulfone groups is 1. The van der Waals surface area contributed by atoms with Crippen molar-refractivity contribution in [3.63, 3.8) is 0 Å². The van der Waals surface area contributed by atoms with Crippen molar-refractivity contribution in [2.75, 3.05) is 22.6 Å². The molecule has 0 aromatic heterocycles. The van der Waals surface area contributed by atoms with Crippen molar-refractivity contribution >= 4 is 44.3 Å². The molecule has 9 heteroatoms. The van der Waals surface area contributed by atoms with E-state index in [1.807, 2.05) is 30.3 Å². The molecule has 158 valence electrons. The number of amides is 3. The van der Waals surface area contributed by atoms with Gasteiger partial charge in [0.05, 0.1) is 18.1 Å². The minimum atomic E-state index is -3.50. The zero-order valence-corrected chi connectivity index (χ0v) is 17.9. The van der Waals surface area contributed by atoms with Gasteiger partial charge in [-0.3, -0.25) is 19.3 Å². The smallest absolute Gasteiger partial charge is 0.289 e. The molecule has 3 amide bonds. The molecule has 0 spiro atoms. The highest BCUT2D eigenvalue weighted by molar-refractivity contribution is 8.14. The summed E-state index contributed by atoms with van der Waals surface area (Å²) in [7, 11) is -3.50. The minimum absolute atomic E-state index is 0.0514. The van der Waals surface area contributed by atoms with Gasteiger partial charge < -0.3 is 5.32 Å². The van der Waals surface area contributed by atoms with E-state index in [9.17, 15) is 22.8 Å². The third-order valence-corrected chi connectivity index (χ3v) is 7.00. The van der Waals surface area contributed by atoms with Crippen LogP contribution in [0.1, 0.15) is 17.5 Å². The third kappa shape index (κ3) is 6.43. The average Bonchev–Trinajstić information content (AvgIpc) is 3.01. The second-order valence-electron chi connectivity index (χ2n) is 6.96. The Morgan fingerprint density at radius 1 is 1.00 bits per heavy atom. The second kappa shape index (κ2) is 9.90. The standard InChI is InChI=1S/C21H22N2O5S2/c24-19(15-30(27,28)12-4-7-16-5-2-1-3-6-16)22-18-10-8-17(9-11-18)13-23-20(25)14-29-21(23)26/h1-3,5-6,8-11H,4,7,12-15H2,(H,22,24). The molecule has 1 heterocycles. The largest absolute Gasteiger partial charge is 0.325 e. The van der Waals surface area contributed by atoms with E-state index in [0.29, 0.717) is 18.5 Å². The van der Waals surface area contributed by atoms with E-state index in [2.05, 4.69) is 5.32 Å². The summed E-state index contributed by atoms with van der Waals surface area (Å²) in [6.07, 6.45) is 1.10. The van der Waals surface area contributed by atoms with Gasteiger partial charge in [-0.05, 0) is 36.1 Å². The van der Waals surface area contributed by atoms with Crippen molar-refractivity contribution in [2.24, 2.45) is 0 Å². The number of carbonyl (C=O) groups is 3. The quantitative estimate of drug-likeness (QED) is 0.636. The Bertz CT molecular complexity index is 1010. The van der Waals surface area contributed by atoms with Crippen LogP contribution in [-0.2, 0) is 32.4 Å². The number of anilines is 1. The van der Waals surface area contributed by atoms with Crippen molar-refractivity contribution < 1.29 is 22.8 Å². The fraction of sp³-hybridized carbons (Fsp3) is 0.286. The first-order valence-corrected chi connectivity index (χ1v) is 12.2. The summed E-state index contributed by atoms with van der Waals surface area (Å²) in [5, 5.41) is 2.31. The van der Waals surface area contributed by atoms with Gasteiger partial charge in [0.1, 0.15) is 5.75 Å². The molecule has 0 saturated carbocycles. The molecule has 0 radical (unpaired) electrons. The number of nitrogens with one attached hydrogen (secondary N) is 1. The SMILES string of the molecule is O=C(CS(=O)(=O)CCCc1ccccc1)Nc1ccc(CN2C(=O)CSC2=O)cc1. The van der Waals surface area contributed by atoms with E-state index in [4.69, 9.17) is 0 Å². The van der Waals surface area contributed by atoms with Crippen LogP contribution in [0.4, 0.5) is 10.5 Å². The summed E-state index contributed by atoms with van der Waals surface area (Å²) in [5.74, 6) is -1.28. The number of carbonyl (C=O) groups excluding carboxylic acids is 3. The van der Waals surface area contributed by atoms with E-state index in [0.717, 1.165) is 22.9 Å². The van der Waals surface area contributed by atoms with Crippen LogP contribution in [0.25, 0.3) is 0 Å². The lowest BCUT2D eigenvalue weighted by atomic mass is 10.1. The Morgan fingerprint density at radius 2 is 1.70 bits per heavy atom. The minimum Gasteiger partial charge on any atom is -0.325 e. The molecular formula is C21H22N2O5S2. The average molecular weight is 447 g/mol. The molecule has 0 atom stereocenters. The maximum absolute atomic E-state index is 12.2. The van der Waals surface area contributed by atoms with Crippen molar-refractivity contribution in [1.29, 1.82) is 0 Å². The van der Waals surface area contributed by atoms with Crippen LogP contribution in [0.3, 0.4) is 0 Å². The van der Waals surface area contributed by atoms with Gasteiger partial charge in [0.2, 0.25) is 11.8 Å². The van der Waals surface area contributed by atoms with Crippen LogP contribution in [0.5, 0.6) is 0 Å². The molecule has 30 heavy (non-hydrogen) atoms. The van der Waals surface area contributed by atoms with Gasteiger partial charge in [-0.25, -0.2) is 8.42 Å². The van der Waals surface area contributed by atoms with Gasteiger partial charge in [-0.1, -0.05) is 54.2 Å². The molecule has 0 bridgehead atoms. The van der Waals surface area contributed by atoms with E-state index >= 15 is 0 Å². The number of nitrogens with zero attached hydrogens (tertiary/aromatic N) is 1. The summed E-state index contributed by atoms with van der Waals surface area (Å²) in [6.45, 7) is 0.175. The first kappa shape index (κ1) is 22.0. The summed E-state index contributed by atoms with van der Waals surface area (Å²) in [5.41, 5.74) is 2.26. The Balaban J connectivity index is 1.46. The summed E-state index contributed by atoms with van der Waals surface area (Å²) < 4.78 is 24.4. The number of thioether (sulfide) groups is 1. The Morgan fingerprint density at radius 3 is 2.33 bits per heavy atom. The molecule has 1 aliphatic heterocycles. The zero-order valence-electron chi connectivity index (χ0n) is 16.2. The fourth-order valence-electron chi connectivity index (χ4n) is 3.02. The molecule has 1 N–H and O–H groups in total. The molecule has 1 aliphatic rings. The Hall–Kier alpha value is -2.65. The van der Waals surface area contributed by atoms with Gasteiger partial charge in [-0.2, -0.15) is 0 Å². The molecule has 3 rings (SSSR count). The van der Waals surface area contributed by atoms with Gasteiger partial charge >= 0.3 is 0 Å². The normalized spacial score (nSPS) is 14.2. The fourth-order valence-corrected chi connectivity index (χ4v) is 4.94. The lowest BCUT2D eigenvalue weighted by molar-refractivity contribution is -0.125. The van der Waals surface area contributed by atoms with Crippen LogP contribution >= 0.6 is 11.8 Å². The number of hydrogen-bond donors (Lipinski definition) is 1. The van der Waals surface area contributed by atoms with E-state index in [1.165, 1.54) is 4.90 Å². The van der Waals surface area contributed by atoms with Crippen LogP contribution in [-0.4, -0.2) is 47.6 Å². The van der Waals surface area contributed by atoms with E-state index < -0.39 is 21.5 Å². The first-order chi connectivity index (χ1) is 14.3. The number of rotatable bonds is 9. The first-order valence-electron chi connectivity index (χ1n) is 9.43. The molecule has 7 nitrogen and oxygen atoms in total. The van der Waals surface area contributed by atoms with Crippen LogP contribution in [0, 0.1) is 0 Å². The molecule has 0 unspecified atom stereocenters. The maximum Gasteiger partial charge on any atom is 0.289 e. The Labute approximate surface area is 179 Å². The van der Waals surface area contributed by atoms with Gasteiger partial charge in [0.15, 0.2) is 9.84 Å². The predicted molar refractivity (Wildman–Crippen MR) is 117 cm³/mol. The number of aryl methyl sites for hydroxylation is 1. The summed E-state index contributed by atoms with van der Waals surface area (Å²) >= 11 is 0.977. The summed E-state index contributed by atoms with van der Waals surface area (Å²) in [6, 6.07) is 16.2. The third-order valence-electron chi connectivity index (χ3n) is 4.53. The molecule has 2 aromatic carbocycles. The lowest BCUT2D eigenvalue weighted by Gasteiger charge is -2.13. The summed E-state index contributed by atoms with van der Waals surface area (Å²) in [4.78, 5) is 36.6. The van der Waals surface area contributed by atoms with Gasteiger partial charge in [0.25, 0.3) is 5.24 Å². The Kier molecular flexibility index (Phi) is 7.28. The van der Waals surface area contributed by atoms with Crippen molar-refractivity contribution in [3.05, 3.63) is 65.7 Å². The zero-order chi connectivity index (χ0) is 21.6. The van der Waals surface area contributed by atoms with E-state index in [1.54, 1.807) is 24.3 Å². The van der Waals surface area contributed by atoms with Crippen molar-refractivity contribution in [2.45, 2.75) is 19.4 Å². The number of imide groups is 1.